The third-order valence-corrected chi connectivity index (χ3v) is 6.70. The molecule has 1 aromatic rings. The van der Waals surface area contributed by atoms with Gasteiger partial charge < -0.3 is 15.0 Å². The number of hydrogen-bond acceptors (Lipinski definition) is 5. The topological polar surface area (TPSA) is 48.9 Å². The first-order valence-corrected chi connectivity index (χ1v) is 12.7. The fourth-order valence-electron chi connectivity index (χ4n) is 5.07. The molecule has 2 atom stereocenters. The minimum atomic E-state index is -0.984. The Hall–Kier alpha value is -1.02. The van der Waals surface area contributed by atoms with Crippen LogP contribution >= 0.6 is 0 Å². The van der Waals surface area contributed by atoms with Gasteiger partial charge in [0.25, 0.3) is 0 Å². The predicted octanol–water partition coefficient (Wildman–Crippen LogP) is 3.46. The van der Waals surface area contributed by atoms with E-state index in [0.29, 0.717) is 25.4 Å². The van der Waals surface area contributed by atoms with Gasteiger partial charge in [-0.3, -0.25) is 9.58 Å². The van der Waals surface area contributed by atoms with Gasteiger partial charge in [0, 0.05) is 37.4 Å². The summed E-state index contributed by atoms with van der Waals surface area (Å²) in [6, 6.07) is 2.70. The van der Waals surface area contributed by atoms with Gasteiger partial charge >= 0.3 is 0 Å². The van der Waals surface area contributed by atoms with Crippen molar-refractivity contribution in [3.63, 3.8) is 0 Å². The van der Waals surface area contributed by atoms with Crippen molar-refractivity contribution in [2.45, 2.75) is 96.8 Å². The Kier molecular flexibility index (Phi) is 9.32. The molecule has 4 aliphatic rings. The number of epoxide rings is 1. The third kappa shape index (κ3) is 6.50. The van der Waals surface area contributed by atoms with Crippen molar-refractivity contribution in [1.29, 1.82) is 0 Å². The van der Waals surface area contributed by atoms with E-state index in [1.54, 1.807) is 0 Å². The van der Waals surface area contributed by atoms with Crippen LogP contribution < -0.4 is 5.32 Å². The lowest BCUT2D eigenvalue weighted by atomic mass is 9.92. The summed E-state index contributed by atoms with van der Waals surface area (Å²) in [6.45, 7) is 14.4. The zero-order valence-corrected chi connectivity index (χ0v) is 20.2. The second-order valence-electron chi connectivity index (χ2n) is 9.17. The fraction of sp³-hybridized carbons (Fsp3) is 0.875. The molecule has 3 fully saturated rings. The summed E-state index contributed by atoms with van der Waals surface area (Å²) in [5.41, 5.74) is 0.327. The Morgan fingerprint density at radius 1 is 1.16 bits per heavy atom. The molecule has 0 bridgehead atoms. The van der Waals surface area contributed by atoms with E-state index in [1.807, 2.05) is 20.0 Å². The van der Waals surface area contributed by atoms with E-state index in [1.165, 1.54) is 12.1 Å². The van der Waals surface area contributed by atoms with Gasteiger partial charge in [-0.2, -0.15) is 5.10 Å². The normalized spacial score (nSPS) is 28.5. The Morgan fingerprint density at radius 2 is 1.84 bits per heavy atom. The number of nitrogens with one attached hydrogen (secondary N) is 1. The lowest BCUT2D eigenvalue weighted by Crippen LogP contribution is -2.52. The van der Waals surface area contributed by atoms with E-state index in [2.05, 4.69) is 44.8 Å². The van der Waals surface area contributed by atoms with Crippen LogP contribution in [0.4, 0.5) is 4.39 Å². The smallest absolute Gasteiger partial charge is 0.139 e. The van der Waals surface area contributed by atoms with Gasteiger partial charge in [-0.15, -0.1) is 0 Å². The van der Waals surface area contributed by atoms with Gasteiger partial charge in [0.1, 0.15) is 18.0 Å². The number of alkyl halides is 1. The summed E-state index contributed by atoms with van der Waals surface area (Å²) in [7, 11) is 0. The van der Waals surface area contributed by atoms with Crippen LogP contribution in [0.15, 0.2) is 12.3 Å². The Bertz CT molecular complexity index is 640. The van der Waals surface area contributed by atoms with Crippen molar-refractivity contribution in [3.8, 4) is 0 Å². The maximum Gasteiger partial charge on any atom is 0.139 e. The first-order valence-electron chi connectivity index (χ1n) is 12.7. The summed E-state index contributed by atoms with van der Waals surface area (Å²) in [5, 5.41) is 7.68. The average Bonchev–Trinajstić information content (AvgIpc) is 3.37. The van der Waals surface area contributed by atoms with Gasteiger partial charge in [-0.05, 0) is 57.9 Å². The molecule has 1 aromatic heterocycles. The molecule has 5 heterocycles. The van der Waals surface area contributed by atoms with Gasteiger partial charge in [0.2, 0.25) is 0 Å². The van der Waals surface area contributed by atoms with Crippen LogP contribution in [0.2, 0.25) is 0 Å². The molecule has 0 spiro atoms. The van der Waals surface area contributed by atoms with Crippen molar-refractivity contribution in [1.82, 2.24) is 24.9 Å². The minimum Gasteiger partial charge on any atom is -0.351 e. The third-order valence-electron chi connectivity index (χ3n) is 6.70. The highest BCUT2D eigenvalue weighted by atomic mass is 19.1. The van der Waals surface area contributed by atoms with Crippen LogP contribution in [-0.4, -0.2) is 82.9 Å². The zero-order chi connectivity index (χ0) is 22.3. The predicted molar refractivity (Wildman–Crippen MR) is 124 cm³/mol. The second-order valence-corrected chi connectivity index (χ2v) is 9.17. The number of aromatic nitrogens is 2. The highest BCUT2D eigenvalue weighted by Gasteiger charge is 2.48. The summed E-state index contributed by atoms with van der Waals surface area (Å²) in [4.78, 5) is 4.93. The number of rotatable bonds is 3. The SMILES string of the molecule is CC.CCC.FC1(CN2CCC(N3CCc4ccnn4CC4OC43)CC2)CCNCC1. The number of ether oxygens (including phenoxy) is 1. The van der Waals surface area contributed by atoms with Crippen molar-refractivity contribution in [2.24, 2.45) is 0 Å². The molecule has 0 aromatic carbocycles. The molecule has 0 amide bonds. The maximum absolute atomic E-state index is 15.0. The number of likely N-dealkylation sites (tertiary alicyclic amines) is 1. The monoisotopic (exact) mass is 437 g/mol. The fourth-order valence-corrected chi connectivity index (χ4v) is 5.07. The van der Waals surface area contributed by atoms with Gasteiger partial charge in [-0.25, -0.2) is 4.39 Å². The molecule has 2 unspecified atom stereocenters. The minimum absolute atomic E-state index is 0.265. The van der Waals surface area contributed by atoms with Gasteiger partial charge in [0.05, 0.1) is 6.54 Å². The molecule has 4 aliphatic heterocycles. The van der Waals surface area contributed by atoms with Crippen molar-refractivity contribution >= 4 is 0 Å². The quantitative estimate of drug-likeness (QED) is 0.734. The Balaban J connectivity index is 0.000000504. The molecular formula is C24H44FN5O. The summed E-state index contributed by atoms with van der Waals surface area (Å²) < 4.78 is 23.0. The number of halogens is 1. The maximum atomic E-state index is 15.0. The molecule has 5 rings (SSSR count). The Morgan fingerprint density at radius 3 is 2.52 bits per heavy atom. The van der Waals surface area contributed by atoms with E-state index in [0.717, 1.165) is 58.5 Å². The molecule has 6 nitrogen and oxygen atoms in total. The van der Waals surface area contributed by atoms with Gasteiger partial charge in [-0.1, -0.05) is 34.1 Å². The Labute approximate surface area is 188 Å². The highest BCUT2D eigenvalue weighted by molar-refractivity contribution is 5.05. The van der Waals surface area contributed by atoms with E-state index in [9.17, 15) is 4.39 Å². The zero-order valence-electron chi connectivity index (χ0n) is 20.2. The molecule has 0 saturated carbocycles. The standard InChI is InChI=1S/C19H30FN5O.C3H8.C2H6/c20-19(5-8-21-9-6-19)14-23-10-2-15(3-11-23)24-12-4-16-1-7-22-25(16)13-17-18(24)26-17;1-3-2;1-2/h1,7,15,17-18,21H,2-6,8-14H2;3H2,1-2H3;1-2H3. The van der Waals surface area contributed by atoms with Crippen LogP contribution in [0, 0.1) is 0 Å². The lowest BCUT2D eigenvalue weighted by Gasteiger charge is -2.41. The molecule has 3 saturated heterocycles. The van der Waals surface area contributed by atoms with Crippen LogP contribution in [0.5, 0.6) is 0 Å². The van der Waals surface area contributed by atoms with Crippen molar-refractivity contribution < 1.29 is 9.13 Å². The summed E-state index contributed by atoms with van der Waals surface area (Å²) in [6.07, 6.45) is 8.30. The van der Waals surface area contributed by atoms with Crippen LogP contribution in [0.25, 0.3) is 0 Å². The largest absolute Gasteiger partial charge is 0.351 e. The van der Waals surface area contributed by atoms with E-state index < -0.39 is 5.67 Å². The summed E-state index contributed by atoms with van der Waals surface area (Å²) in [5.74, 6) is 0. The molecule has 7 heteroatoms. The first-order chi connectivity index (χ1) is 15.1. The first kappa shape index (κ1) is 24.6. The van der Waals surface area contributed by atoms with Crippen molar-refractivity contribution in [2.75, 3.05) is 39.3 Å². The average molecular weight is 438 g/mol. The van der Waals surface area contributed by atoms with E-state index >= 15 is 0 Å². The lowest BCUT2D eigenvalue weighted by molar-refractivity contribution is 0.0252. The van der Waals surface area contributed by atoms with Crippen LogP contribution in [-0.2, 0) is 17.7 Å². The number of fused-ring (bicyclic) bond motifs is 2. The summed E-state index contributed by atoms with van der Waals surface area (Å²) >= 11 is 0. The molecule has 178 valence electrons. The number of nitrogens with zero attached hydrogens (tertiary/aromatic N) is 4. The molecular weight excluding hydrogens is 393 g/mol. The molecule has 0 aliphatic carbocycles. The van der Waals surface area contributed by atoms with Crippen LogP contribution in [0.3, 0.4) is 0 Å². The number of hydrogen-bond donors (Lipinski definition) is 1. The molecule has 31 heavy (non-hydrogen) atoms. The van der Waals surface area contributed by atoms with E-state index in [4.69, 9.17) is 4.74 Å². The highest BCUT2D eigenvalue weighted by Crippen LogP contribution is 2.34. The van der Waals surface area contributed by atoms with Gasteiger partial charge in [0.15, 0.2) is 0 Å². The second kappa shape index (κ2) is 11.7. The van der Waals surface area contributed by atoms with Crippen molar-refractivity contribution in [3.05, 3.63) is 18.0 Å². The van der Waals surface area contributed by atoms with E-state index in [-0.39, 0.29) is 12.3 Å². The molecule has 0 radical (unpaired) electrons. The number of piperidine rings is 2. The molecule has 1 N–H and O–H groups in total. The van der Waals surface area contributed by atoms with Crippen LogP contribution in [0.1, 0.15) is 65.5 Å².